The summed E-state index contributed by atoms with van der Waals surface area (Å²) >= 11 is 6.10. The Morgan fingerprint density at radius 1 is 1.31 bits per heavy atom. The van der Waals surface area contributed by atoms with Crippen LogP contribution in [-0.2, 0) is 4.89 Å². The van der Waals surface area contributed by atoms with Crippen molar-refractivity contribution in [2.45, 2.75) is 0 Å². The number of carbonyl (C=O) groups is 1. The Morgan fingerprint density at radius 3 is 2.54 bits per heavy atom. The lowest BCUT2D eigenvalue weighted by atomic mass is 10.0. The molecule has 1 aliphatic heterocycles. The van der Waals surface area contributed by atoms with Crippen LogP contribution >= 0.6 is 11.6 Å². The third-order valence-corrected chi connectivity index (χ3v) is 3.66. The van der Waals surface area contributed by atoms with Crippen molar-refractivity contribution in [2.75, 3.05) is 13.6 Å². The molecule has 2 aromatic rings. The molecule has 0 bridgehead atoms. The number of benzene rings is 2. The number of nitrogens with zero attached hydrogens (tertiary/aromatic N) is 2. The molecule has 0 saturated heterocycles. The highest BCUT2D eigenvalue weighted by Crippen LogP contribution is 2.27. The van der Waals surface area contributed by atoms with E-state index in [0.717, 1.165) is 21.6 Å². The van der Waals surface area contributed by atoms with Crippen LogP contribution in [0.5, 0.6) is 0 Å². The summed E-state index contributed by atoms with van der Waals surface area (Å²) in [6.45, 7) is 0.174. The lowest BCUT2D eigenvalue weighted by Gasteiger charge is -2.10. The van der Waals surface area contributed by atoms with Crippen LogP contribution < -0.4 is 5.32 Å². The number of fused-ring (bicyclic) bond motifs is 1. The van der Waals surface area contributed by atoms with Gasteiger partial charge in [-0.3, -0.25) is 4.89 Å². The SMILES string of the molecule is CNC1=Nc2ccc(Cl)cc2C(c2ccccc2)=[N+]([O-])C1.O=C(O)OO. The molecule has 26 heavy (non-hydrogen) atoms. The summed E-state index contributed by atoms with van der Waals surface area (Å²) in [4.78, 5) is 16.1. The fourth-order valence-corrected chi connectivity index (χ4v) is 2.53. The molecule has 3 N–H and O–H groups in total. The highest BCUT2D eigenvalue weighted by atomic mass is 35.5. The largest absolute Gasteiger partial charge is 0.623 e. The first-order chi connectivity index (χ1) is 12.5. The maximum Gasteiger partial charge on any atom is 0.537 e. The summed E-state index contributed by atoms with van der Waals surface area (Å²) in [6.07, 6.45) is -1.69. The summed E-state index contributed by atoms with van der Waals surface area (Å²) in [5.74, 6) is 0.625. The number of hydrogen-bond acceptors (Lipinski definition) is 6. The van der Waals surface area contributed by atoms with E-state index in [1.54, 1.807) is 19.2 Å². The third-order valence-electron chi connectivity index (χ3n) is 3.43. The minimum absolute atomic E-state index is 0.174. The van der Waals surface area contributed by atoms with Gasteiger partial charge >= 0.3 is 6.16 Å². The normalized spacial score (nSPS) is 12.8. The average Bonchev–Trinajstić information content (AvgIpc) is 2.78. The molecule has 0 saturated carbocycles. The van der Waals surface area contributed by atoms with Crippen molar-refractivity contribution in [2.24, 2.45) is 4.99 Å². The smallest absolute Gasteiger partial charge is 0.537 e. The van der Waals surface area contributed by atoms with Gasteiger partial charge in [0.25, 0.3) is 0 Å². The van der Waals surface area contributed by atoms with Gasteiger partial charge in [-0.15, -0.1) is 0 Å². The number of rotatable bonds is 1. The highest BCUT2D eigenvalue weighted by molar-refractivity contribution is 6.31. The van der Waals surface area contributed by atoms with E-state index in [0.29, 0.717) is 16.6 Å². The first-order valence-electron chi connectivity index (χ1n) is 7.43. The van der Waals surface area contributed by atoms with E-state index in [1.807, 2.05) is 36.4 Å². The second-order valence-corrected chi connectivity index (χ2v) is 5.51. The summed E-state index contributed by atoms with van der Waals surface area (Å²) in [5, 5.41) is 30.4. The van der Waals surface area contributed by atoms with Crippen molar-refractivity contribution in [3.63, 3.8) is 0 Å². The predicted octanol–water partition coefficient (Wildman–Crippen LogP) is 3.10. The second-order valence-electron chi connectivity index (χ2n) is 5.08. The molecule has 2 aromatic carbocycles. The fourth-order valence-electron chi connectivity index (χ4n) is 2.36. The summed E-state index contributed by atoms with van der Waals surface area (Å²) in [7, 11) is 1.76. The minimum Gasteiger partial charge on any atom is -0.623 e. The van der Waals surface area contributed by atoms with Crippen molar-refractivity contribution in [3.05, 3.63) is 69.9 Å². The number of likely N-dealkylation sites (N-methyl/N-ethyl adjacent to an activating group) is 1. The zero-order chi connectivity index (χ0) is 19.1. The highest BCUT2D eigenvalue weighted by Gasteiger charge is 2.24. The Hall–Kier alpha value is -3.10. The van der Waals surface area contributed by atoms with Crippen molar-refractivity contribution < 1.29 is 24.8 Å². The van der Waals surface area contributed by atoms with Crippen LogP contribution in [0.1, 0.15) is 11.1 Å². The van der Waals surface area contributed by atoms with Crippen molar-refractivity contribution in [1.82, 2.24) is 5.32 Å². The Morgan fingerprint density at radius 2 is 1.96 bits per heavy atom. The molecule has 0 atom stereocenters. The molecule has 0 aliphatic carbocycles. The van der Waals surface area contributed by atoms with Gasteiger partial charge in [-0.2, -0.15) is 10.00 Å². The molecule has 3 rings (SSSR count). The molecule has 0 unspecified atom stereocenters. The zero-order valence-electron chi connectivity index (χ0n) is 13.7. The maximum atomic E-state index is 12.6. The molecular formula is C17H16ClN3O5. The van der Waals surface area contributed by atoms with Gasteiger partial charge in [0.05, 0.1) is 11.3 Å². The molecule has 0 aromatic heterocycles. The van der Waals surface area contributed by atoms with Crippen molar-refractivity contribution >= 4 is 35.0 Å². The second kappa shape index (κ2) is 8.84. The van der Waals surface area contributed by atoms with E-state index >= 15 is 0 Å². The molecule has 0 fully saturated rings. The van der Waals surface area contributed by atoms with E-state index in [1.165, 1.54) is 0 Å². The molecule has 0 amide bonds. The van der Waals surface area contributed by atoms with E-state index < -0.39 is 6.16 Å². The molecule has 0 spiro atoms. The molecule has 0 radical (unpaired) electrons. The molecule has 136 valence electrons. The van der Waals surface area contributed by atoms with Crippen LogP contribution in [-0.4, -0.2) is 46.4 Å². The Kier molecular flexibility index (Phi) is 6.54. The number of hydroxylamine groups is 1. The van der Waals surface area contributed by atoms with E-state index in [-0.39, 0.29) is 6.54 Å². The van der Waals surface area contributed by atoms with Crippen LogP contribution in [0.15, 0.2) is 53.5 Å². The van der Waals surface area contributed by atoms with Gasteiger partial charge < -0.3 is 15.6 Å². The van der Waals surface area contributed by atoms with Gasteiger partial charge in [-0.1, -0.05) is 29.8 Å². The van der Waals surface area contributed by atoms with Crippen LogP contribution in [0.4, 0.5) is 10.5 Å². The lowest BCUT2D eigenvalue weighted by Crippen LogP contribution is -2.29. The molecule has 9 heteroatoms. The first kappa shape index (κ1) is 19.2. The van der Waals surface area contributed by atoms with Crippen molar-refractivity contribution in [1.29, 1.82) is 0 Å². The molecular weight excluding hydrogens is 362 g/mol. The monoisotopic (exact) mass is 377 g/mol. The summed E-state index contributed by atoms with van der Waals surface area (Å²) in [5.41, 5.74) is 2.92. The van der Waals surface area contributed by atoms with Gasteiger partial charge in [-0.05, 0) is 30.3 Å². The topological polar surface area (TPSA) is 117 Å². The zero-order valence-corrected chi connectivity index (χ0v) is 14.5. The van der Waals surface area contributed by atoms with Crippen LogP contribution in [0, 0.1) is 5.21 Å². The number of hydrogen-bond donors (Lipinski definition) is 3. The minimum atomic E-state index is -1.69. The third kappa shape index (κ3) is 4.71. The Balaban J connectivity index is 0.000000431. The van der Waals surface area contributed by atoms with Gasteiger partial charge in [0.1, 0.15) is 0 Å². The number of nitrogens with one attached hydrogen (secondary N) is 1. The van der Waals surface area contributed by atoms with Gasteiger partial charge in [-0.25, -0.2) is 9.79 Å². The fraction of sp³-hybridized carbons (Fsp3) is 0.118. The summed E-state index contributed by atoms with van der Waals surface area (Å²) < 4.78 is 0.951. The van der Waals surface area contributed by atoms with Gasteiger partial charge in [0.15, 0.2) is 5.84 Å². The van der Waals surface area contributed by atoms with E-state index in [9.17, 15) is 5.21 Å². The van der Waals surface area contributed by atoms with Gasteiger partial charge in [0.2, 0.25) is 12.3 Å². The quantitative estimate of drug-likeness (QED) is 0.304. The van der Waals surface area contributed by atoms with Gasteiger partial charge in [0, 0.05) is 17.6 Å². The average molecular weight is 378 g/mol. The summed E-state index contributed by atoms with van der Waals surface area (Å²) in [6, 6.07) is 15.0. The van der Waals surface area contributed by atoms with Crippen LogP contribution in [0.2, 0.25) is 5.02 Å². The van der Waals surface area contributed by atoms with Crippen LogP contribution in [0.3, 0.4) is 0 Å². The van der Waals surface area contributed by atoms with E-state index in [4.69, 9.17) is 26.8 Å². The lowest BCUT2D eigenvalue weighted by molar-refractivity contribution is -0.439. The molecule has 1 aliphatic rings. The maximum absolute atomic E-state index is 12.6. The van der Waals surface area contributed by atoms with Crippen LogP contribution in [0.25, 0.3) is 0 Å². The number of halogens is 1. The van der Waals surface area contributed by atoms with Crippen molar-refractivity contribution in [3.8, 4) is 0 Å². The number of amidine groups is 1. The number of carboxylic acid groups (broad SMARTS) is 1. The molecule has 8 nitrogen and oxygen atoms in total. The van der Waals surface area contributed by atoms with E-state index in [2.05, 4.69) is 15.2 Å². The molecule has 1 heterocycles. The number of aliphatic imine (C=N–C) groups is 1. The first-order valence-corrected chi connectivity index (χ1v) is 7.80. The Bertz CT molecular complexity index is 853. The predicted molar refractivity (Wildman–Crippen MR) is 97.5 cm³/mol. The Labute approximate surface area is 154 Å². The standard InChI is InChI=1S/C16H14ClN3O.CH2O4/c1-18-15-10-20(21)16(11-5-3-2-4-6-11)13-9-12(17)7-8-14(13)19-15;2-1(3)5-4/h2-9H,10H2,1H3,(H,18,19);4H,(H,2,3).